The second-order valence-electron chi connectivity index (χ2n) is 6.58. The van der Waals surface area contributed by atoms with E-state index in [-0.39, 0.29) is 0 Å². The van der Waals surface area contributed by atoms with Gasteiger partial charge in [0.25, 0.3) is 0 Å². The summed E-state index contributed by atoms with van der Waals surface area (Å²) in [7, 11) is 2.14. The third-order valence-corrected chi connectivity index (χ3v) is 4.80. The normalized spacial score (nSPS) is 19.4. The van der Waals surface area contributed by atoms with Crippen molar-refractivity contribution in [1.82, 2.24) is 9.88 Å². The molecule has 2 fully saturated rings. The minimum atomic E-state index is -5.08. The number of nitrogens with one attached hydrogen (secondary N) is 1. The molecule has 3 N–H and O–H groups in total. The number of carboxylic acid groups (broad SMARTS) is 2. The second kappa shape index (κ2) is 11.5. The van der Waals surface area contributed by atoms with Crippen LogP contribution in [0.1, 0.15) is 24.6 Å². The highest BCUT2D eigenvalue weighted by Gasteiger charge is 2.38. The van der Waals surface area contributed by atoms with Gasteiger partial charge in [0.05, 0.1) is 24.9 Å². The minimum Gasteiger partial charge on any atom is -0.475 e. The van der Waals surface area contributed by atoms with E-state index in [9.17, 15) is 26.3 Å². The lowest BCUT2D eigenvalue weighted by Gasteiger charge is -2.31. The van der Waals surface area contributed by atoms with Crippen molar-refractivity contribution in [1.29, 1.82) is 0 Å². The Labute approximate surface area is 176 Å². The summed E-state index contributed by atoms with van der Waals surface area (Å²) >= 11 is 1.71. The van der Waals surface area contributed by atoms with Crippen LogP contribution in [0.3, 0.4) is 0 Å². The first kappa shape index (κ1) is 26.9. The van der Waals surface area contributed by atoms with E-state index >= 15 is 0 Å². The lowest BCUT2D eigenvalue weighted by Crippen LogP contribution is -2.36. The monoisotopic (exact) mass is 481 g/mol. The number of halogens is 6. The number of nitrogens with zero attached hydrogens (tertiary/aromatic N) is 2. The standard InChI is InChI=1S/C12H19N3OS.2C2HF3O2/c1-15-4-5-16-7-11(15)10-8-17-12(14-10)13-6-9-2-3-9;2*3-2(4,5)1(6)7/h8-9,11H,2-7H2,1H3,(H,13,14);2*(H,6,7). The van der Waals surface area contributed by atoms with Crippen molar-refractivity contribution in [3.05, 3.63) is 11.1 Å². The van der Waals surface area contributed by atoms with Crippen LogP contribution < -0.4 is 5.32 Å². The van der Waals surface area contributed by atoms with Crippen molar-refractivity contribution in [3.8, 4) is 0 Å². The van der Waals surface area contributed by atoms with Crippen LogP contribution in [0.15, 0.2) is 5.38 Å². The van der Waals surface area contributed by atoms with E-state index in [4.69, 9.17) is 24.5 Å². The Hall–Kier alpha value is -2.13. The van der Waals surface area contributed by atoms with Gasteiger partial charge in [-0.05, 0) is 25.8 Å². The molecule has 1 unspecified atom stereocenters. The van der Waals surface area contributed by atoms with Gasteiger partial charge in [0.15, 0.2) is 5.13 Å². The molecule has 15 heteroatoms. The Morgan fingerprint density at radius 3 is 2.13 bits per heavy atom. The minimum absolute atomic E-state index is 0.330. The van der Waals surface area contributed by atoms with Gasteiger partial charge >= 0.3 is 24.3 Å². The summed E-state index contributed by atoms with van der Waals surface area (Å²) in [6, 6.07) is 0.330. The third-order valence-electron chi connectivity index (χ3n) is 3.98. The SMILES string of the molecule is CN1CCOCC1c1csc(NCC2CC2)n1.O=C(O)C(F)(F)F.O=C(O)C(F)(F)F. The van der Waals surface area contributed by atoms with Gasteiger partial charge in [-0.3, -0.25) is 4.90 Å². The number of morpholine rings is 1. The van der Waals surface area contributed by atoms with Crippen molar-refractivity contribution in [3.63, 3.8) is 0 Å². The molecule has 1 saturated heterocycles. The molecular weight excluding hydrogens is 460 g/mol. The zero-order valence-corrected chi connectivity index (χ0v) is 17.0. The third kappa shape index (κ3) is 10.6. The summed E-state index contributed by atoms with van der Waals surface area (Å²) in [5.41, 5.74) is 1.15. The van der Waals surface area contributed by atoms with Gasteiger partial charge in [0.2, 0.25) is 0 Å². The summed E-state index contributed by atoms with van der Waals surface area (Å²) in [4.78, 5) is 24.8. The molecule has 1 aromatic rings. The highest BCUT2D eigenvalue weighted by Crippen LogP contribution is 2.30. The molecule has 0 bridgehead atoms. The number of hydrogen-bond acceptors (Lipinski definition) is 7. The molecule has 1 aromatic heterocycles. The average Bonchev–Trinajstić information content (AvgIpc) is 3.36. The maximum Gasteiger partial charge on any atom is 0.490 e. The molecule has 0 amide bonds. The molecule has 1 saturated carbocycles. The molecule has 1 atom stereocenters. The van der Waals surface area contributed by atoms with E-state index in [0.717, 1.165) is 43.0 Å². The largest absolute Gasteiger partial charge is 0.490 e. The van der Waals surface area contributed by atoms with Crippen molar-refractivity contribution in [2.24, 2.45) is 5.92 Å². The number of carbonyl (C=O) groups is 2. The van der Waals surface area contributed by atoms with Crippen LogP contribution in [0, 0.1) is 5.92 Å². The van der Waals surface area contributed by atoms with Crippen LogP contribution in [-0.2, 0) is 14.3 Å². The molecule has 1 aliphatic carbocycles. The van der Waals surface area contributed by atoms with Crippen LogP contribution in [0.25, 0.3) is 0 Å². The fraction of sp³-hybridized carbons (Fsp3) is 0.688. The van der Waals surface area contributed by atoms with E-state index in [1.807, 2.05) is 0 Å². The molecule has 31 heavy (non-hydrogen) atoms. The predicted molar refractivity (Wildman–Crippen MR) is 96.9 cm³/mol. The van der Waals surface area contributed by atoms with Crippen molar-refractivity contribution >= 4 is 28.4 Å². The molecule has 2 aliphatic rings. The molecule has 2 heterocycles. The number of anilines is 1. The Morgan fingerprint density at radius 2 is 1.71 bits per heavy atom. The van der Waals surface area contributed by atoms with Gasteiger partial charge in [-0.1, -0.05) is 0 Å². The van der Waals surface area contributed by atoms with E-state index in [0.29, 0.717) is 6.04 Å². The summed E-state index contributed by atoms with van der Waals surface area (Å²) in [6.07, 6.45) is -7.41. The number of ether oxygens (including phenoxy) is 1. The molecule has 178 valence electrons. The van der Waals surface area contributed by atoms with Gasteiger partial charge < -0.3 is 20.3 Å². The zero-order valence-electron chi connectivity index (χ0n) is 16.2. The summed E-state index contributed by atoms with van der Waals surface area (Å²) in [6.45, 7) is 3.68. The summed E-state index contributed by atoms with van der Waals surface area (Å²) in [5, 5.41) is 20.9. The van der Waals surface area contributed by atoms with E-state index in [2.05, 4.69) is 27.6 Å². The number of aromatic nitrogens is 1. The van der Waals surface area contributed by atoms with Crippen molar-refractivity contribution in [2.75, 3.05) is 38.7 Å². The lowest BCUT2D eigenvalue weighted by molar-refractivity contribution is -0.193. The quantitative estimate of drug-likeness (QED) is 0.562. The van der Waals surface area contributed by atoms with Gasteiger partial charge in [-0.15, -0.1) is 11.3 Å². The van der Waals surface area contributed by atoms with Crippen molar-refractivity contribution < 1.29 is 50.9 Å². The molecule has 3 rings (SSSR count). The number of alkyl halides is 6. The first-order valence-electron chi connectivity index (χ1n) is 8.79. The van der Waals surface area contributed by atoms with Gasteiger partial charge in [-0.2, -0.15) is 26.3 Å². The molecule has 0 radical (unpaired) electrons. The topological polar surface area (TPSA) is 112 Å². The molecule has 1 aliphatic heterocycles. The van der Waals surface area contributed by atoms with E-state index < -0.39 is 24.3 Å². The van der Waals surface area contributed by atoms with Crippen LogP contribution in [0.4, 0.5) is 31.5 Å². The van der Waals surface area contributed by atoms with Gasteiger partial charge in [-0.25, -0.2) is 14.6 Å². The van der Waals surface area contributed by atoms with E-state index in [1.165, 1.54) is 12.8 Å². The molecule has 0 aromatic carbocycles. The van der Waals surface area contributed by atoms with Gasteiger partial charge in [0, 0.05) is 18.5 Å². The highest BCUT2D eigenvalue weighted by molar-refractivity contribution is 7.13. The highest BCUT2D eigenvalue weighted by atomic mass is 32.1. The second-order valence-corrected chi connectivity index (χ2v) is 7.44. The number of carboxylic acids is 2. The summed E-state index contributed by atoms with van der Waals surface area (Å²) in [5.74, 6) is -4.62. The predicted octanol–water partition coefficient (Wildman–Crippen LogP) is 3.23. The van der Waals surface area contributed by atoms with Crippen LogP contribution in [0.5, 0.6) is 0 Å². The smallest absolute Gasteiger partial charge is 0.475 e. The first-order valence-corrected chi connectivity index (χ1v) is 9.67. The molecular formula is C16H21F6N3O5S. The number of aliphatic carboxylic acids is 2. The van der Waals surface area contributed by atoms with Crippen molar-refractivity contribution in [2.45, 2.75) is 31.2 Å². The van der Waals surface area contributed by atoms with Crippen LogP contribution in [-0.4, -0.2) is 77.7 Å². The Bertz CT molecular complexity index is 699. The number of likely N-dealkylation sites (N-methyl/N-ethyl adjacent to an activating group) is 1. The van der Waals surface area contributed by atoms with Crippen LogP contribution >= 0.6 is 11.3 Å². The lowest BCUT2D eigenvalue weighted by atomic mass is 10.2. The Balaban J connectivity index is 0.000000288. The molecule has 0 spiro atoms. The number of rotatable bonds is 4. The van der Waals surface area contributed by atoms with E-state index in [1.54, 1.807) is 11.3 Å². The fourth-order valence-electron chi connectivity index (χ4n) is 2.07. The molecule has 8 nitrogen and oxygen atoms in total. The summed E-state index contributed by atoms with van der Waals surface area (Å²) < 4.78 is 69.0. The first-order chi connectivity index (χ1) is 14.2. The number of thiazole rings is 1. The zero-order chi connectivity index (χ0) is 23.8. The van der Waals surface area contributed by atoms with Crippen LogP contribution in [0.2, 0.25) is 0 Å². The average molecular weight is 481 g/mol. The maximum atomic E-state index is 10.6. The Kier molecular flexibility index (Phi) is 9.96. The maximum absolute atomic E-state index is 10.6. The Morgan fingerprint density at radius 1 is 1.19 bits per heavy atom. The fourth-order valence-corrected chi connectivity index (χ4v) is 2.84. The number of hydrogen-bond donors (Lipinski definition) is 3. The van der Waals surface area contributed by atoms with Gasteiger partial charge in [0.1, 0.15) is 0 Å².